The molecule has 12 heteroatoms. The van der Waals surface area contributed by atoms with Gasteiger partial charge in [0.15, 0.2) is 12.1 Å². The molecule has 0 aromatic rings. The molecular formula is C23H39N3O9. The number of aliphatic carboxylic acids is 2. The Morgan fingerprint density at radius 3 is 2.37 bits per heavy atom. The Labute approximate surface area is 206 Å². The molecule has 4 N–H and O–H groups in total. The van der Waals surface area contributed by atoms with Gasteiger partial charge in [0.25, 0.3) is 0 Å². The maximum absolute atomic E-state index is 12.7. The van der Waals surface area contributed by atoms with Gasteiger partial charge in [-0.1, -0.05) is 19.0 Å². The lowest BCUT2D eigenvalue weighted by Gasteiger charge is -2.33. The molecule has 0 bridgehead atoms. The van der Waals surface area contributed by atoms with Crippen LogP contribution >= 0.6 is 0 Å². The maximum atomic E-state index is 12.7. The molecular weight excluding hydrogens is 462 g/mol. The molecule has 35 heavy (non-hydrogen) atoms. The van der Waals surface area contributed by atoms with Gasteiger partial charge in [0.1, 0.15) is 5.60 Å². The third-order valence-corrected chi connectivity index (χ3v) is 5.10. The summed E-state index contributed by atoms with van der Waals surface area (Å²) in [6, 6.07) is -0.824. The molecule has 2 unspecified atom stereocenters. The van der Waals surface area contributed by atoms with E-state index >= 15 is 0 Å². The molecule has 2 atom stereocenters. The Hall–Kier alpha value is -2.86. The van der Waals surface area contributed by atoms with Gasteiger partial charge in [0.2, 0.25) is 5.76 Å². The first-order valence-electron chi connectivity index (χ1n) is 11.5. The summed E-state index contributed by atoms with van der Waals surface area (Å²) in [5, 5.41) is 21.5. The van der Waals surface area contributed by atoms with Crippen LogP contribution < -0.4 is 5.73 Å². The first kappa shape index (κ1) is 30.2. The van der Waals surface area contributed by atoms with Crippen molar-refractivity contribution < 1.29 is 43.6 Å². The fourth-order valence-electron chi connectivity index (χ4n) is 3.16. The molecule has 0 radical (unpaired) electrons. The Balaban J connectivity index is 2.99. The second kappa shape index (κ2) is 13.3. The fourth-order valence-corrected chi connectivity index (χ4v) is 3.16. The minimum absolute atomic E-state index is 0.219. The normalized spacial score (nSPS) is 18.5. The number of ether oxygens (including phenoxy) is 3. The lowest BCUT2D eigenvalue weighted by Crippen LogP contribution is -2.48. The number of carbonyl (C=O) groups is 3. The molecule has 0 aliphatic carbocycles. The number of nitrogens with zero attached hydrogens (tertiary/aromatic N) is 2. The molecule has 1 aliphatic rings. The summed E-state index contributed by atoms with van der Waals surface area (Å²) in [6.07, 6.45) is 3.23. The SMILES string of the molecule is CN(C(=O)OC(C)(C)C)C(CCC(C)(C)COC1CCCCO1)C(N)=NOC(=CC(=O)O)C(=O)O. The summed E-state index contributed by atoms with van der Waals surface area (Å²) in [5.41, 5.74) is 5.00. The number of carboxylic acids is 2. The molecule has 200 valence electrons. The minimum Gasteiger partial charge on any atom is -0.478 e. The summed E-state index contributed by atoms with van der Waals surface area (Å²) in [5.74, 6) is -4.31. The third-order valence-electron chi connectivity index (χ3n) is 5.10. The van der Waals surface area contributed by atoms with Crippen molar-refractivity contribution in [3.8, 4) is 0 Å². The quantitative estimate of drug-likeness (QED) is 0.119. The van der Waals surface area contributed by atoms with Gasteiger partial charge < -0.3 is 39.9 Å². The van der Waals surface area contributed by atoms with E-state index in [-0.39, 0.29) is 17.5 Å². The van der Waals surface area contributed by atoms with Gasteiger partial charge in [0, 0.05) is 13.7 Å². The molecule has 1 amide bonds. The Bertz CT molecular complexity index is 797. The zero-order chi connectivity index (χ0) is 26.8. The van der Waals surface area contributed by atoms with Gasteiger partial charge in [-0.15, -0.1) is 0 Å². The van der Waals surface area contributed by atoms with Crippen molar-refractivity contribution in [3.05, 3.63) is 11.8 Å². The molecule has 1 aliphatic heterocycles. The highest BCUT2D eigenvalue weighted by atomic mass is 16.7. The van der Waals surface area contributed by atoms with Crippen LogP contribution in [-0.2, 0) is 28.6 Å². The number of rotatable bonds is 12. The Morgan fingerprint density at radius 2 is 1.86 bits per heavy atom. The number of carboxylic acid groups (broad SMARTS) is 2. The van der Waals surface area contributed by atoms with E-state index in [0.29, 0.717) is 32.1 Å². The van der Waals surface area contributed by atoms with E-state index < -0.39 is 35.4 Å². The Morgan fingerprint density at radius 1 is 1.20 bits per heavy atom. The van der Waals surface area contributed by atoms with Crippen molar-refractivity contribution in [2.45, 2.75) is 84.7 Å². The molecule has 0 saturated carbocycles. The number of oxime groups is 1. The summed E-state index contributed by atoms with van der Waals surface area (Å²) in [4.78, 5) is 40.7. The number of amidine groups is 1. The molecule has 1 saturated heterocycles. The highest BCUT2D eigenvalue weighted by Gasteiger charge is 2.31. The van der Waals surface area contributed by atoms with Crippen LogP contribution in [0.1, 0.15) is 66.7 Å². The van der Waals surface area contributed by atoms with Crippen molar-refractivity contribution in [2.24, 2.45) is 16.3 Å². The largest absolute Gasteiger partial charge is 0.478 e. The van der Waals surface area contributed by atoms with Crippen molar-refractivity contribution in [2.75, 3.05) is 20.3 Å². The second-order valence-corrected chi connectivity index (χ2v) is 10.2. The lowest BCUT2D eigenvalue weighted by molar-refractivity contribution is -0.176. The summed E-state index contributed by atoms with van der Waals surface area (Å²) in [7, 11) is 1.48. The number of likely N-dealkylation sites (N-methyl/N-ethyl adjacent to an activating group) is 1. The predicted molar refractivity (Wildman–Crippen MR) is 126 cm³/mol. The van der Waals surface area contributed by atoms with E-state index in [2.05, 4.69) is 5.16 Å². The molecule has 1 fully saturated rings. The van der Waals surface area contributed by atoms with E-state index in [9.17, 15) is 14.4 Å². The Kier molecular flexibility index (Phi) is 11.5. The van der Waals surface area contributed by atoms with Crippen molar-refractivity contribution in [1.82, 2.24) is 4.90 Å². The lowest BCUT2D eigenvalue weighted by atomic mass is 9.86. The molecule has 0 aromatic carbocycles. The van der Waals surface area contributed by atoms with Crippen molar-refractivity contribution in [1.29, 1.82) is 0 Å². The van der Waals surface area contributed by atoms with Gasteiger partial charge in [0.05, 0.1) is 18.7 Å². The van der Waals surface area contributed by atoms with Crippen LogP contribution in [0.5, 0.6) is 0 Å². The van der Waals surface area contributed by atoms with Crippen LogP contribution in [0.2, 0.25) is 0 Å². The van der Waals surface area contributed by atoms with Gasteiger partial charge in [-0.05, 0) is 58.3 Å². The average molecular weight is 502 g/mol. The van der Waals surface area contributed by atoms with E-state index in [1.54, 1.807) is 20.8 Å². The van der Waals surface area contributed by atoms with Crippen LogP contribution in [0, 0.1) is 5.41 Å². The van der Waals surface area contributed by atoms with E-state index in [1.165, 1.54) is 11.9 Å². The summed E-state index contributed by atoms with van der Waals surface area (Å²) in [6.45, 7) is 10.3. The van der Waals surface area contributed by atoms with Crippen LogP contribution in [0.25, 0.3) is 0 Å². The number of amides is 1. The standard InChI is InChI=1S/C23H39N3O9/c1-22(2,3)34-21(31)26(6)15(19(24)25-35-16(20(29)30)13-17(27)28)10-11-23(4,5)14-33-18-9-7-8-12-32-18/h13,15,18H,7-12,14H2,1-6H3,(H2,24,25)(H,27,28)(H,29,30). The van der Waals surface area contributed by atoms with Crippen LogP contribution in [0.4, 0.5) is 4.79 Å². The summed E-state index contributed by atoms with van der Waals surface area (Å²) >= 11 is 0. The molecule has 0 aromatic heterocycles. The average Bonchev–Trinajstić information content (AvgIpc) is 2.74. The number of hydrogen-bond donors (Lipinski definition) is 3. The number of hydrogen-bond acceptors (Lipinski definition) is 8. The van der Waals surface area contributed by atoms with Crippen LogP contribution in [0.15, 0.2) is 17.0 Å². The van der Waals surface area contributed by atoms with Gasteiger partial charge >= 0.3 is 18.0 Å². The van der Waals surface area contributed by atoms with Gasteiger partial charge in [-0.25, -0.2) is 14.4 Å². The topological polar surface area (TPSA) is 170 Å². The second-order valence-electron chi connectivity index (χ2n) is 10.2. The van der Waals surface area contributed by atoms with Gasteiger partial charge in [-0.3, -0.25) is 0 Å². The highest BCUT2D eigenvalue weighted by molar-refractivity contribution is 5.93. The smallest absolute Gasteiger partial charge is 0.410 e. The molecule has 0 spiro atoms. The van der Waals surface area contributed by atoms with E-state index in [4.69, 9.17) is 35.0 Å². The zero-order valence-electron chi connectivity index (χ0n) is 21.4. The van der Waals surface area contributed by atoms with Crippen molar-refractivity contribution in [3.63, 3.8) is 0 Å². The number of nitrogens with two attached hydrogens (primary N) is 1. The third kappa shape index (κ3) is 11.9. The van der Waals surface area contributed by atoms with E-state index in [1.807, 2.05) is 13.8 Å². The predicted octanol–water partition coefficient (Wildman–Crippen LogP) is 2.91. The first-order valence-corrected chi connectivity index (χ1v) is 11.5. The highest BCUT2D eigenvalue weighted by Crippen LogP contribution is 2.27. The van der Waals surface area contributed by atoms with Crippen LogP contribution in [-0.4, -0.2) is 77.2 Å². The van der Waals surface area contributed by atoms with Gasteiger partial charge in [-0.2, -0.15) is 0 Å². The van der Waals surface area contributed by atoms with Crippen LogP contribution in [0.3, 0.4) is 0 Å². The fraction of sp³-hybridized carbons (Fsp3) is 0.739. The first-order chi connectivity index (χ1) is 16.1. The molecule has 12 nitrogen and oxygen atoms in total. The molecule has 1 rings (SSSR count). The number of carbonyl (C=O) groups excluding carboxylic acids is 1. The minimum atomic E-state index is -1.63. The zero-order valence-corrected chi connectivity index (χ0v) is 21.4. The monoisotopic (exact) mass is 501 g/mol. The maximum Gasteiger partial charge on any atom is 0.410 e. The summed E-state index contributed by atoms with van der Waals surface area (Å²) < 4.78 is 16.9. The van der Waals surface area contributed by atoms with Crippen molar-refractivity contribution >= 4 is 23.9 Å². The molecule has 1 heterocycles. The van der Waals surface area contributed by atoms with E-state index in [0.717, 1.165) is 19.3 Å².